The van der Waals surface area contributed by atoms with Crippen molar-refractivity contribution in [3.8, 4) is 0 Å². The molecule has 16 heavy (non-hydrogen) atoms. The third kappa shape index (κ3) is 1.73. The van der Waals surface area contributed by atoms with Gasteiger partial charge in [-0.1, -0.05) is 18.7 Å². The van der Waals surface area contributed by atoms with E-state index in [1.165, 1.54) is 6.08 Å². The van der Waals surface area contributed by atoms with Gasteiger partial charge in [0, 0.05) is 24.2 Å². The summed E-state index contributed by atoms with van der Waals surface area (Å²) < 4.78 is 0. The Balaban J connectivity index is 2.53. The first kappa shape index (κ1) is 10.5. The maximum atomic E-state index is 10.5. The minimum atomic E-state index is -1.28. The van der Waals surface area contributed by atoms with E-state index < -0.39 is 5.60 Å². The van der Waals surface area contributed by atoms with Crippen LogP contribution in [0.25, 0.3) is 0 Å². The third-order valence-corrected chi connectivity index (χ3v) is 2.45. The molecule has 0 aliphatic carbocycles. The van der Waals surface area contributed by atoms with Crippen LogP contribution in [0.3, 0.4) is 0 Å². The molecule has 3 nitrogen and oxygen atoms in total. The van der Waals surface area contributed by atoms with Crippen LogP contribution in [0.1, 0.15) is 11.3 Å². The summed E-state index contributed by atoms with van der Waals surface area (Å²) in [6.07, 6.45) is 6.37. The first-order valence-corrected chi connectivity index (χ1v) is 4.95. The van der Waals surface area contributed by atoms with E-state index in [2.05, 4.69) is 16.5 Å². The van der Waals surface area contributed by atoms with Crippen molar-refractivity contribution in [1.29, 1.82) is 0 Å². The van der Waals surface area contributed by atoms with Crippen molar-refractivity contribution in [2.75, 3.05) is 0 Å². The number of aliphatic hydroxyl groups is 1. The van der Waals surface area contributed by atoms with E-state index in [4.69, 9.17) is 0 Å². The van der Waals surface area contributed by atoms with Gasteiger partial charge in [-0.3, -0.25) is 9.97 Å². The standard InChI is InChI=1S/C13H12N2O/c1-2-13(16,11-6-5-8-14-10-11)12-7-3-4-9-15-12/h2-10,16H,1H2. The zero-order valence-corrected chi connectivity index (χ0v) is 8.74. The van der Waals surface area contributed by atoms with Gasteiger partial charge in [0.05, 0.1) is 5.69 Å². The molecule has 0 aliphatic heterocycles. The Morgan fingerprint density at radius 1 is 1.19 bits per heavy atom. The van der Waals surface area contributed by atoms with Crippen LogP contribution in [-0.2, 0) is 5.60 Å². The zero-order valence-electron chi connectivity index (χ0n) is 8.74. The molecule has 0 bridgehead atoms. The Bertz CT molecular complexity index is 428. The van der Waals surface area contributed by atoms with Crippen molar-refractivity contribution in [2.24, 2.45) is 0 Å². The number of aromatic nitrogens is 2. The molecule has 0 amide bonds. The highest BCUT2D eigenvalue weighted by atomic mass is 16.3. The SMILES string of the molecule is C=CC(O)(c1cccnc1)c1ccccn1. The topological polar surface area (TPSA) is 46.0 Å². The molecule has 2 rings (SSSR count). The molecule has 3 heteroatoms. The summed E-state index contributed by atoms with van der Waals surface area (Å²) in [5.74, 6) is 0. The molecular weight excluding hydrogens is 200 g/mol. The predicted molar refractivity (Wildman–Crippen MR) is 61.7 cm³/mol. The fourth-order valence-corrected chi connectivity index (χ4v) is 1.55. The number of nitrogens with zero attached hydrogens (tertiary/aromatic N) is 2. The normalized spacial score (nSPS) is 14.1. The fraction of sp³-hybridized carbons (Fsp3) is 0.0769. The summed E-state index contributed by atoms with van der Waals surface area (Å²) in [6.45, 7) is 3.67. The van der Waals surface area contributed by atoms with Gasteiger partial charge in [-0.25, -0.2) is 0 Å². The lowest BCUT2D eigenvalue weighted by molar-refractivity contribution is 0.129. The average Bonchev–Trinajstić information content (AvgIpc) is 2.40. The van der Waals surface area contributed by atoms with E-state index in [0.717, 1.165) is 0 Å². The molecule has 0 fully saturated rings. The van der Waals surface area contributed by atoms with E-state index in [0.29, 0.717) is 11.3 Å². The molecular formula is C13H12N2O. The van der Waals surface area contributed by atoms with E-state index in [1.807, 2.05) is 6.07 Å². The van der Waals surface area contributed by atoms with Crippen LogP contribution >= 0.6 is 0 Å². The van der Waals surface area contributed by atoms with Gasteiger partial charge in [0.1, 0.15) is 0 Å². The van der Waals surface area contributed by atoms with Gasteiger partial charge in [0.2, 0.25) is 0 Å². The van der Waals surface area contributed by atoms with Crippen molar-refractivity contribution in [3.63, 3.8) is 0 Å². The summed E-state index contributed by atoms with van der Waals surface area (Å²) in [6, 6.07) is 8.95. The Morgan fingerprint density at radius 2 is 2.06 bits per heavy atom. The van der Waals surface area contributed by atoms with Crippen molar-refractivity contribution in [3.05, 3.63) is 72.8 Å². The van der Waals surface area contributed by atoms with Gasteiger partial charge in [0.15, 0.2) is 5.60 Å². The van der Waals surface area contributed by atoms with Gasteiger partial charge >= 0.3 is 0 Å². The van der Waals surface area contributed by atoms with Crippen LogP contribution in [0.5, 0.6) is 0 Å². The molecule has 0 spiro atoms. The van der Waals surface area contributed by atoms with Crippen LogP contribution < -0.4 is 0 Å². The predicted octanol–water partition coefficient (Wildman–Crippen LogP) is 1.90. The molecule has 0 radical (unpaired) electrons. The average molecular weight is 212 g/mol. The number of rotatable bonds is 3. The summed E-state index contributed by atoms with van der Waals surface area (Å²) in [5.41, 5.74) is -0.0862. The number of pyridine rings is 2. The first-order valence-electron chi connectivity index (χ1n) is 4.95. The molecule has 0 saturated carbocycles. The van der Waals surface area contributed by atoms with Crippen LogP contribution in [0, 0.1) is 0 Å². The van der Waals surface area contributed by atoms with E-state index in [9.17, 15) is 5.11 Å². The lowest BCUT2D eigenvalue weighted by atomic mass is 9.91. The van der Waals surface area contributed by atoms with Crippen LogP contribution in [0.15, 0.2) is 61.6 Å². The second kappa shape index (κ2) is 4.24. The maximum absolute atomic E-state index is 10.5. The highest BCUT2D eigenvalue weighted by Gasteiger charge is 2.29. The second-order valence-electron chi connectivity index (χ2n) is 3.43. The number of hydrogen-bond acceptors (Lipinski definition) is 3. The quantitative estimate of drug-likeness (QED) is 0.790. The summed E-state index contributed by atoms with van der Waals surface area (Å²) in [7, 11) is 0. The van der Waals surface area contributed by atoms with Crippen LogP contribution in [-0.4, -0.2) is 15.1 Å². The maximum Gasteiger partial charge on any atom is 0.151 e. The van der Waals surface area contributed by atoms with Gasteiger partial charge in [-0.05, 0) is 24.3 Å². The Hall–Kier alpha value is -2.00. The lowest BCUT2D eigenvalue weighted by Crippen LogP contribution is -2.25. The Morgan fingerprint density at radius 3 is 2.62 bits per heavy atom. The van der Waals surface area contributed by atoms with Crippen molar-refractivity contribution >= 4 is 0 Å². The molecule has 0 saturated heterocycles. The molecule has 1 unspecified atom stereocenters. The first-order chi connectivity index (χ1) is 7.77. The third-order valence-electron chi connectivity index (χ3n) is 2.45. The lowest BCUT2D eigenvalue weighted by Gasteiger charge is -2.23. The summed E-state index contributed by atoms with van der Waals surface area (Å²) in [5, 5.41) is 10.5. The molecule has 2 aromatic heterocycles. The van der Waals surface area contributed by atoms with Crippen LogP contribution in [0.4, 0.5) is 0 Å². The molecule has 80 valence electrons. The van der Waals surface area contributed by atoms with Crippen molar-refractivity contribution in [1.82, 2.24) is 9.97 Å². The van der Waals surface area contributed by atoms with Gasteiger partial charge in [-0.2, -0.15) is 0 Å². The van der Waals surface area contributed by atoms with Crippen LogP contribution in [0.2, 0.25) is 0 Å². The molecule has 0 aliphatic rings. The van der Waals surface area contributed by atoms with E-state index in [-0.39, 0.29) is 0 Å². The zero-order chi connectivity index (χ0) is 11.4. The van der Waals surface area contributed by atoms with Crippen molar-refractivity contribution < 1.29 is 5.11 Å². The highest BCUT2D eigenvalue weighted by molar-refractivity contribution is 5.34. The van der Waals surface area contributed by atoms with E-state index >= 15 is 0 Å². The van der Waals surface area contributed by atoms with Gasteiger partial charge in [0.25, 0.3) is 0 Å². The fourth-order valence-electron chi connectivity index (χ4n) is 1.55. The minimum absolute atomic E-state index is 0.540. The summed E-state index contributed by atoms with van der Waals surface area (Å²) in [4.78, 5) is 8.14. The number of hydrogen-bond donors (Lipinski definition) is 1. The monoisotopic (exact) mass is 212 g/mol. The minimum Gasteiger partial charge on any atom is -0.375 e. The molecule has 1 N–H and O–H groups in total. The molecule has 1 atom stereocenters. The highest BCUT2D eigenvalue weighted by Crippen LogP contribution is 2.28. The van der Waals surface area contributed by atoms with Gasteiger partial charge < -0.3 is 5.11 Å². The van der Waals surface area contributed by atoms with E-state index in [1.54, 1.807) is 42.9 Å². The Kier molecular flexibility index (Phi) is 2.79. The molecule has 0 aromatic carbocycles. The Labute approximate surface area is 94.1 Å². The second-order valence-corrected chi connectivity index (χ2v) is 3.43. The molecule has 2 heterocycles. The summed E-state index contributed by atoms with van der Waals surface area (Å²) >= 11 is 0. The largest absolute Gasteiger partial charge is 0.375 e. The van der Waals surface area contributed by atoms with Gasteiger partial charge in [-0.15, -0.1) is 0 Å². The van der Waals surface area contributed by atoms with Crippen molar-refractivity contribution in [2.45, 2.75) is 5.60 Å². The smallest absolute Gasteiger partial charge is 0.151 e. The molecule has 2 aromatic rings.